The molecular formula is C22H19ClFN3O3. The number of nitrogens with two attached hydrogens (primary N) is 1. The number of pyridine rings is 1. The van der Waals surface area contributed by atoms with Crippen molar-refractivity contribution in [1.29, 1.82) is 0 Å². The van der Waals surface area contributed by atoms with Crippen LogP contribution in [0.3, 0.4) is 0 Å². The van der Waals surface area contributed by atoms with Crippen molar-refractivity contribution in [1.82, 2.24) is 10.3 Å². The largest absolute Gasteiger partial charge is 0.489 e. The molecule has 0 fully saturated rings. The van der Waals surface area contributed by atoms with Gasteiger partial charge in [0.2, 0.25) is 0 Å². The molecule has 0 aliphatic rings. The van der Waals surface area contributed by atoms with Crippen LogP contribution in [0.5, 0.6) is 5.75 Å². The molecule has 0 aliphatic heterocycles. The van der Waals surface area contributed by atoms with Gasteiger partial charge in [-0.1, -0.05) is 23.7 Å². The Labute approximate surface area is 177 Å². The third-order valence-electron chi connectivity index (χ3n) is 4.26. The quantitative estimate of drug-likeness (QED) is 0.575. The zero-order chi connectivity index (χ0) is 21.5. The standard InChI is InChI=1S/C22H19ClFN3O3/c23-18-12-16(4-5-19(18)24)22(29)27-9-6-14-2-1-3-17(10-14)30-13-15-7-8-26-20(11-15)21(25)28/h1-5,7-8,10-12H,6,9,13H2,(H2,25,28)(H,27,29). The maximum atomic E-state index is 13.2. The van der Waals surface area contributed by atoms with Gasteiger partial charge in [0, 0.05) is 18.3 Å². The first-order valence-electron chi connectivity index (χ1n) is 9.12. The molecule has 0 bridgehead atoms. The lowest BCUT2D eigenvalue weighted by molar-refractivity contribution is 0.0952. The van der Waals surface area contributed by atoms with Gasteiger partial charge in [-0.05, 0) is 60.0 Å². The minimum atomic E-state index is -0.594. The number of rotatable bonds is 8. The van der Waals surface area contributed by atoms with Crippen LogP contribution in [0.25, 0.3) is 0 Å². The van der Waals surface area contributed by atoms with Gasteiger partial charge in [-0.3, -0.25) is 14.6 Å². The second-order valence-corrected chi connectivity index (χ2v) is 6.89. The van der Waals surface area contributed by atoms with Crippen molar-refractivity contribution in [3.05, 3.63) is 94.0 Å². The third kappa shape index (κ3) is 5.78. The molecule has 0 spiro atoms. The number of nitrogens with one attached hydrogen (secondary N) is 1. The van der Waals surface area contributed by atoms with Gasteiger partial charge < -0.3 is 15.8 Å². The first-order valence-corrected chi connectivity index (χ1v) is 9.50. The van der Waals surface area contributed by atoms with Crippen molar-refractivity contribution >= 4 is 23.4 Å². The number of hydrogen-bond donors (Lipinski definition) is 2. The molecule has 6 nitrogen and oxygen atoms in total. The summed E-state index contributed by atoms with van der Waals surface area (Å²) in [6, 6.07) is 14.6. The number of hydrogen-bond acceptors (Lipinski definition) is 4. The normalized spacial score (nSPS) is 10.5. The molecule has 2 aromatic carbocycles. The van der Waals surface area contributed by atoms with Gasteiger partial charge in [-0.2, -0.15) is 0 Å². The Bertz CT molecular complexity index is 1070. The van der Waals surface area contributed by atoms with Crippen molar-refractivity contribution < 1.29 is 18.7 Å². The maximum Gasteiger partial charge on any atom is 0.267 e. The van der Waals surface area contributed by atoms with Gasteiger partial charge >= 0.3 is 0 Å². The highest BCUT2D eigenvalue weighted by Gasteiger charge is 2.09. The number of halogens is 2. The number of benzene rings is 2. The van der Waals surface area contributed by atoms with Crippen LogP contribution in [0, 0.1) is 5.82 Å². The Morgan fingerprint density at radius 2 is 1.93 bits per heavy atom. The van der Waals surface area contributed by atoms with Crippen molar-refractivity contribution in [2.75, 3.05) is 6.54 Å². The first-order chi connectivity index (χ1) is 14.4. The zero-order valence-electron chi connectivity index (χ0n) is 15.9. The van der Waals surface area contributed by atoms with E-state index in [2.05, 4.69) is 10.3 Å². The van der Waals surface area contributed by atoms with Crippen LogP contribution in [0.2, 0.25) is 5.02 Å². The number of carbonyl (C=O) groups is 2. The molecule has 0 unspecified atom stereocenters. The van der Waals surface area contributed by atoms with Crippen LogP contribution < -0.4 is 15.8 Å². The molecule has 1 heterocycles. The fourth-order valence-corrected chi connectivity index (χ4v) is 2.90. The van der Waals surface area contributed by atoms with Gasteiger partial charge in [-0.25, -0.2) is 4.39 Å². The van der Waals surface area contributed by atoms with Crippen LogP contribution in [0.4, 0.5) is 4.39 Å². The number of aromatic nitrogens is 1. The number of ether oxygens (including phenoxy) is 1. The molecule has 154 valence electrons. The van der Waals surface area contributed by atoms with Gasteiger partial charge in [0.25, 0.3) is 11.8 Å². The fourth-order valence-electron chi connectivity index (χ4n) is 2.72. The number of carbonyl (C=O) groups excluding carboxylic acids is 2. The lowest BCUT2D eigenvalue weighted by Gasteiger charge is -2.10. The summed E-state index contributed by atoms with van der Waals surface area (Å²) in [4.78, 5) is 27.2. The summed E-state index contributed by atoms with van der Waals surface area (Å²) in [5.41, 5.74) is 7.46. The smallest absolute Gasteiger partial charge is 0.267 e. The molecule has 3 rings (SSSR count). The zero-order valence-corrected chi connectivity index (χ0v) is 16.7. The Morgan fingerprint density at radius 1 is 1.10 bits per heavy atom. The van der Waals surface area contributed by atoms with Crippen LogP contribution in [0.15, 0.2) is 60.8 Å². The van der Waals surface area contributed by atoms with Crippen molar-refractivity contribution in [2.45, 2.75) is 13.0 Å². The van der Waals surface area contributed by atoms with E-state index in [1.165, 1.54) is 18.3 Å². The molecule has 0 radical (unpaired) electrons. The van der Waals surface area contributed by atoms with E-state index >= 15 is 0 Å². The Balaban J connectivity index is 1.52. The predicted octanol–water partition coefficient (Wildman–Crippen LogP) is 3.52. The van der Waals surface area contributed by atoms with Crippen molar-refractivity contribution in [2.24, 2.45) is 5.73 Å². The Morgan fingerprint density at radius 3 is 2.70 bits per heavy atom. The topological polar surface area (TPSA) is 94.3 Å². The number of amides is 2. The molecule has 0 aliphatic carbocycles. The molecule has 30 heavy (non-hydrogen) atoms. The van der Waals surface area contributed by atoms with Gasteiger partial charge in [0.15, 0.2) is 0 Å². The van der Waals surface area contributed by atoms with Crippen LogP contribution >= 0.6 is 11.6 Å². The van der Waals surface area contributed by atoms with Gasteiger partial charge in [0.1, 0.15) is 23.9 Å². The molecule has 3 aromatic rings. The SMILES string of the molecule is NC(=O)c1cc(COc2cccc(CCNC(=O)c3ccc(F)c(Cl)c3)c2)ccn1. The van der Waals surface area contributed by atoms with E-state index in [1.54, 1.807) is 12.1 Å². The number of nitrogens with zero attached hydrogens (tertiary/aromatic N) is 1. The minimum absolute atomic E-state index is 0.0929. The van der Waals surface area contributed by atoms with E-state index < -0.39 is 11.7 Å². The monoisotopic (exact) mass is 427 g/mol. The van der Waals surface area contributed by atoms with Crippen LogP contribution in [-0.2, 0) is 13.0 Å². The lowest BCUT2D eigenvalue weighted by Crippen LogP contribution is -2.25. The van der Waals surface area contributed by atoms with E-state index in [4.69, 9.17) is 22.1 Å². The molecule has 0 saturated carbocycles. The highest BCUT2D eigenvalue weighted by molar-refractivity contribution is 6.31. The third-order valence-corrected chi connectivity index (χ3v) is 4.55. The first kappa shape index (κ1) is 21.3. The van der Waals surface area contributed by atoms with Crippen LogP contribution in [-0.4, -0.2) is 23.3 Å². The minimum Gasteiger partial charge on any atom is -0.489 e. The predicted molar refractivity (Wildman–Crippen MR) is 111 cm³/mol. The van der Waals surface area contributed by atoms with E-state index in [0.29, 0.717) is 24.3 Å². The summed E-state index contributed by atoms with van der Waals surface area (Å²) >= 11 is 5.71. The van der Waals surface area contributed by atoms with Gasteiger partial charge in [-0.15, -0.1) is 0 Å². The summed E-state index contributed by atoms with van der Waals surface area (Å²) < 4.78 is 19.0. The van der Waals surface area contributed by atoms with Gasteiger partial charge in [0.05, 0.1) is 5.02 Å². The highest BCUT2D eigenvalue weighted by atomic mass is 35.5. The summed E-state index contributed by atoms with van der Waals surface area (Å²) in [7, 11) is 0. The molecule has 0 atom stereocenters. The Hall–Kier alpha value is -3.45. The second-order valence-electron chi connectivity index (χ2n) is 6.48. The van der Waals surface area contributed by atoms with E-state index in [9.17, 15) is 14.0 Å². The Kier molecular flexibility index (Phi) is 6.98. The average Bonchev–Trinajstić information content (AvgIpc) is 2.74. The van der Waals surface area contributed by atoms with Crippen molar-refractivity contribution in [3.63, 3.8) is 0 Å². The molecule has 2 amide bonds. The summed E-state index contributed by atoms with van der Waals surface area (Å²) in [6.07, 6.45) is 2.09. The average molecular weight is 428 g/mol. The summed E-state index contributed by atoms with van der Waals surface area (Å²) in [5.74, 6) is -0.833. The molecule has 1 aromatic heterocycles. The van der Waals surface area contributed by atoms with E-state index in [0.717, 1.165) is 17.2 Å². The molecule has 8 heteroatoms. The van der Waals surface area contributed by atoms with E-state index in [1.807, 2.05) is 24.3 Å². The second kappa shape index (κ2) is 9.84. The van der Waals surface area contributed by atoms with E-state index in [-0.39, 0.29) is 23.2 Å². The molecule has 0 saturated heterocycles. The molecule has 3 N–H and O–H groups in total. The lowest BCUT2D eigenvalue weighted by atomic mass is 10.1. The van der Waals surface area contributed by atoms with Crippen LogP contribution in [0.1, 0.15) is 32.0 Å². The maximum absolute atomic E-state index is 13.2. The summed E-state index contributed by atoms with van der Waals surface area (Å²) in [6.45, 7) is 0.651. The summed E-state index contributed by atoms with van der Waals surface area (Å²) in [5, 5.41) is 2.68. The number of primary amides is 1. The highest BCUT2D eigenvalue weighted by Crippen LogP contribution is 2.17. The fraction of sp³-hybridized carbons (Fsp3) is 0.136. The molecular weight excluding hydrogens is 409 g/mol. The van der Waals surface area contributed by atoms with Crippen molar-refractivity contribution in [3.8, 4) is 5.75 Å².